The van der Waals surface area contributed by atoms with Crippen LogP contribution in [0.2, 0.25) is 0 Å². The fourth-order valence-electron chi connectivity index (χ4n) is 2.11. The topological polar surface area (TPSA) is 92.9 Å². The van der Waals surface area contributed by atoms with Crippen molar-refractivity contribution in [3.8, 4) is 0 Å². The molecule has 2 aromatic rings. The number of carbonyl (C=O) groups excluding carboxylic acids is 1. The van der Waals surface area contributed by atoms with Crippen molar-refractivity contribution in [2.45, 2.75) is 19.3 Å². The number of fused-ring (bicyclic) bond motifs is 1. The SMILES string of the molecule is NNc1ccncc1C(=O)Nc1nc2c(s1)CCC2. The van der Waals surface area contributed by atoms with Crippen LogP contribution >= 0.6 is 11.3 Å². The first-order valence-corrected chi connectivity index (χ1v) is 6.80. The Hall–Kier alpha value is -1.99. The van der Waals surface area contributed by atoms with Crippen molar-refractivity contribution in [3.05, 3.63) is 34.6 Å². The lowest BCUT2D eigenvalue weighted by Crippen LogP contribution is -2.17. The van der Waals surface area contributed by atoms with Crippen molar-refractivity contribution in [2.24, 2.45) is 5.84 Å². The van der Waals surface area contributed by atoms with Crippen LogP contribution in [0.3, 0.4) is 0 Å². The largest absolute Gasteiger partial charge is 0.323 e. The van der Waals surface area contributed by atoms with E-state index < -0.39 is 0 Å². The molecule has 19 heavy (non-hydrogen) atoms. The molecule has 7 heteroatoms. The van der Waals surface area contributed by atoms with E-state index in [0.29, 0.717) is 16.4 Å². The minimum atomic E-state index is -0.256. The molecule has 1 amide bonds. The number of nitrogen functional groups attached to an aromatic ring is 1. The van der Waals surface area contributed by atoms with Crippen LogP contribution in [0.1, 0.15) is 27.3 Å². The van der Waals surface area contributed by atoms with Crippen LogP contribution in [0.25, 0.3) is 0 Å². The molecule has 0 saturated heterocycles. The standard InChI is InChI=1S/C12H13N5OS/c13-17-8-4-5-14-6-7(8)11(18)16-12-15-9-2-1-3-10(9)19-12/h4-6H,1-3,13H2,(H,14,17)(H,15,16,18). The third-order valence-electron chi connectivity index (χ3n) is 3.04. The second-order valence-electron chi connectivity index (χ2n) is 4.26. The van der Waals surface area contributed by atoms with Crippen molar-refractivity contribution in [1.82, 2.24) is 9.97 Å². The van der Waals surface area contributed by atoms with E-state index in [-0.39, 0.29) is 5.91 Å². The molecule has 0 aromatic carbocycles. The van der Waals surface area contributed by atoms with Crippen molar-refractivity contribution in [2.75, 3.05) is 10.7 Å². The number of aromatic nitrogens is 2. The number of pyridine rings is 1. The van der Waals surface area contributed by atoms with Gasteiger partial charge in [0.2, 0.25) is 0 Å². The van der Waals surface area contributed by atoms with Crippen LogP contribution in [0, 0.1) is 0 Å². The number of rotatable bonds is 3. The van der Waals surface area contributed by atoms with Crippen LogP contribution in [-0.2, 0) is 12.8 Å². The van der Waals surface area contributed by atoms with Gasteiger partial charge in [0.25, 0.3) is 5.91 Å². The van der Waals surface area contributed by atoms with Gasteiger partial charge in [0.05, 0.1) is 16.9 Å². The molecule has 0 spiro atoms. The molecule has 3 rings (SSSR count). The Balaban J connectivity index is 1.80. The first-order valence-electron chi connectivity index (χ1n) is 5.98. The van der Waals surface area contributed by atoms with E-state index >= 15 is 0 Å². The number of anilines is 2. The summed E-state index contributed by atoms with van der Waals surface area (Å²) in [5.74, 6) is 5.11. The van der Waals surface area contributed by atoms with Crippen molar-refractivity contribution >= 4 is 28.1 Å². The highest BCUT2D eigenvalue weighted by atomic mass is 32.1. The zero-order valence-electron chi connectivity index (χ0n) is 10.1. The lowest BCUT2D eigenvalue weighted by Gasteiger charge is -2.06. The van der Waals surface area contributed by atoms with Crippen LogP contribution in [-0.4, -0.2) is 15.9 Å². The number of hydrogen-bond acceptors (Lipinski definition) is 6. The van der Waals surface area contributed by atoms with Gasteiger partial charge >= 0.3 is 0 Å². The highest BCUT2D eigenvalue weighted by Gasteiger charge is 2.19. The molecule has 4 N–H and O–H groups in total. The molecule has 1 aliphatic rings. The Morgan fingerprint density at radius 2 is 2.32 bits per heavy atom. The molecule has 0 radical (unpaired) electrons. The fraction of sp³-hybridized carbons (Fsp3) is 0.250. The van der Waals surface area contributed by atoms with E-state index in [4.69, 9.17) is 5.84 Å². The summed E-state index contributed by atoms with van der Waals surface area (Å²) in [5.41, 5.74) is 4.54. The summed E-state index contributed by atoms with van der Waals surface area (Å²) in [6.07, 6.45) is 6.28. The summed E-state index contributed by atoms with van der Waals surface area (Å²) in [6, 6.07) is 1.65. The van der Waals surface area contributed by atoms with E-state index in [0.717, 1.165) is 25.0 Å². The van der Waals surface area contributed by atoms with E-state index in [2.05, 4.69) is 20.7 Å². The van der Waals surface area contributed by atoms with Gasteiger partial charge in [0.15, 0.2) is 5.13 Å². The quantitative estimate of drug-likeness (QED) is 0.584. The number of carbonyl (C=O) groups is 1. The summed E-state index contributed by atoms with van der Waals surface area (Å²) in [4.78, 5) is 21.8. The number of nitrogens with one attached hydrogen (secondary N) is 2. The second-order valence-corrected chi connectivity index (χ2v) is 5.35. The Kier molecular flexibility index (Phi) is 3.14. The lowest BCUT2D eigenvalue weighted by molar-refractivity contribution is 0.102. The fourth-order valence-corrected chi connectivity index (χ4v) is 3.15. The van der Waals surface area contributed by atoms with Gasteiger partial charge in [-0.25, -0.2) is 4.98 Å². The van der Waals surface area contributed by atoms with Crippen molar-refractivity contribution in [1.29, 1.82) is 0 Å². The van der Waals surface area contributed by atoms with E-state index in [1.807, 2.05) is 0 Å². The van der Waals surface area contributed by atoms with Crippen LogP contribution in [0.15, 0.2) is 18.5 Å². The predicted octanol–water partition coefficient (Wildman–Crippen LogP) is 1.56. The van der Waals surface area contributed by atoms with Crippen LogP contribution in [0.5, 0.6) is 0 Å². The van der Waals surface area contributed by atoms with Crippen LogP contribution in [0.4, 0.5) is 10.8 Å². The Bertz CT molecular complexity index is 603. The molecule has 2 heterocycles. The smallest absolute Gasteiger partial charge is 0.261 e. The third-order valence-corrected chi connectivity index (χ3v) is 4.11. The number of thiazole rings is 1. The van der Waals surface area contributed by atoms with E-state index in [1.165, 1.54) is 11.1 Å². The van der Waals surface area contributed by atoms with Gasteiger partial charge in [-0.05, 0) is 25.3 Å². The minimum Gasteiger partial charge on any atom is -0.323 e. The van der Waals surface area contributed by atoms with E-state index in [9.17, 15) is 4.79 Å². The van der Waals surface area contributed by atoms with Gasteiger partial charge in [-0.2, -0.15) is 0 Å². The maximum atomic E-state index is 12.1. The number of aryl methyl sites for hydroxylation is 2. The second kappa shape index (κ2) is 4.94. The highest BCUT2D eigenvalue weighted by molar-refractivity contribution is 7.16. The molecule has 98 valence electrons. The average Bonchev–Trinajstić information content (AvgIpc) is 2.99. The molecule has 0 atom stereocenters. The van der Waals surface area contributed by atoms with Crippen LogP contribution < -0.4 is 16.6 Å². The normalized spacial score (nSPS) is 13.1. The zero-order chi connectivity index (χ0) is 13.2. The Morgan fingerprint density at radius 1 is 1.42 bits per heavy atom. The third kappa shape index (κ3) is 2.29. The first kappa shape index (κ1) is 12.1. The molecule has 2 aromatic heterocycles. The highest BCUT2D eigenvalue weighted by Crippen LogP contribution is 2.30. The molecule has 0 fully saturated rings. The number of hydrazine groups is 1. The lowest BCUT2D eigenvalue weighted by atomic mass is 10.2. The number of hydrogen-bond donors (Lipinski definition) is 3. The maximum Gasteiger partial charge on any atom is 0.261 e. The van der Waals surface area contributed by atoms with Gasteiger partial charge in [-0.15, -0.1) is 11.3 Å². The predicted molar refractivity (Wildman–Crippen MR) is 74.1 cm³/mol. The van der Waals surface area contributed by atoms with E-state index in [1.54, 1.807) is 23.6 Å². The summed E-state index contributed by atoms with van der Waals surface area (Å²) in [5, 5.41) is 3.44. The molecule has 1 aliphatic carbocycles. The van der Waals surface area contributed by atoms with Gasteiger partial charge in [-0.3, -0.25) is 20.9 Å². The molecule has 0 saturated carbocycles. The molecule has 0 unspecified atom stereocenters. The Labute approximate surface area is 114 Å². The molecule has 0 aliphatic heterocycles. The summed E-state index contributed by atoms with van der Waals surface area (Å²) in [7, 11) is 0. The summed E-state index contributed by atoms with van der Waals surface area (Å²) < 4.78 is 0. The van der Waals surface area contributed by atoms with Gasteiger partial charge in [-0.1, -0.05) is 0 Å². The monoisotopic (exact) mass is 275 g/mol. The summed E-state index contributed by atoms with van der Waals surface area (Å²) in [6.45, 7) is 0. The van der Waals surface area contributed by atoms with Crippen molar-refractivity contribution in [3.63, 3.8) is 0 Å². The number of nitrogens with two attached hydrogens (primary N) is 1. The number of nitrogens with zero attached hydrogens (tertiary/aromatic N) is 2. The zero-order valence-corrected chi connectivity index (χ0v) is 11.0. The van der Waals surface area contributed by atoms with Gasteiger partial charge in [0, 0.05) is 17.3 Å². The molecule has 0 bridgehead atoms. The van der Waals surface area contributed by atoms with Gasteiger partial charge < -0.3 is 5.43 Å². The minimum absolute atomic E-state index is 0.256. The molecular formula is C12H13N5OS. The average molecular weight is 275 g/mol. The summed E-state index contributed by atoms with van der Waals surface area (Å²) >= 11 is 1.54. The van der Waals surface area contributed by atoms with Gasteiger partial charge in [0.1, 0.15) is 0 Å². The van der Waals surface area contributed by atoms with Crippen molar-refractivity contribution < 1.29 is 4.79 Å². The Morgan fingerprint density at radius 3 is 3.11 bits per heavy atom. The molecular weight excluding hydrogens is 262 g/mol. The number of amides is 1. The maximum absolute atomic E-state index is 12.1. The first-order chi connectivity index (χ1) is 9.28. The molecule has 6 nitrogen and oxygen atoms in total.